The largest absolute Gasteiger partial charge is 0.496 e. The third-order valence-corrected chi connectivity index (χ3v) is 8.28. The van der Waals surface area contributed by atoms with E-state index in [9.17, 15) is 9.59 Å². The van der Waals surface area contributed by atoms with Crippen molar-refractivity contribution in [1.82, 2.24) is 4.57 Å². The minimum atomic E-state index is -0.784. The fraction of sp³-hybridized carbons (Fsp3) is 0.345. The quantitative estimate of drug-likeness (QED) is 0.260. The first kappa shape index (κ1) is 30.1. The standard InChI is InChI=1S/C29H30Br2N2O6S/c1-6-9-20-24(28(35)39-8-3)25(18-15-17(30)10-11-21(18)36-4)33-27(34)23(40-29(33)32-20)14-16-12-19(31)26(37-5)22(13-16)38-7-2/h10-15,25H,6-9H2,1-5H3/b23-14+/t25-/m1/s1. The van der Waals surface area contributed by atoms with Crippen LogP contribution >= 0.6 is 43.2 Å². The minimum Gasteiger partial charge on any atom is -0.496 e. The highest BCUT2D eigenvalue weighted by Crippen LogP contribution is 2.39. The molecule has 2 aromatic carbocycles. The molecule has 0 fully saturated rings. The van der Waals surface area contributed by atoms with E-state index in [1.807, 2.05) is 44.2 Å². The van der Waals surface area contributed by atoms with Gasteiger partial charge in [-0.3, -0.25) is 9.36 Å². The van der Waals surface area contributed by atoms with E-state index in [1.54, 1.807) is 31.8 Å². The Morgan fingerprint density at radius 1 is 1.07 bits per heavy atom. The molecule has 4 rings (SSSR count). The van der Waals surface area contributed by atoms with E-state index >= 15 is 0 Å². The molecule has 0 saturated heterocycles. The number of halogens is 2. The lowest BCUT2D eigenvalue weighted by molar-refractivity contribution is -0.139. The first-order chi connectivity index (χ1) is 19.3. The van der Waals surface area contributed by atoms with Crippen LogP contribution in [0.2, 0.25) is 0 Å². The summed E-state index contributed by atoms with van der Waals surface area (Å²) < 4.78 is 25.9. The number of methoxy groups -OCH3 is 2. The summed E-state index contributed by atoms with van der Waals surface area (Å²) in [6, 6.07) is 8.43. The van der Waals surface area contributed by atoms with Crippen molar-refractivity contribution < 1.29 is 23.7 Å². The van der Waals surface area contributed by atoms with Crippen LogP contribution in [-0.4, -0.2) is 38.0 Å². The van der Waals surface area contributed by atoms with Gasteiger partial charge in [0.15, 0.2) is 16.3 Å². The first-order valence-corrected chi connectivity index (χ1v) is 15.2. The van der Waals surface area contributed by atoms with Gasteiger partial charge in [0.2, 0.25) is 0 Å². The number of fused-ring (bicyclic) bond motifs is 1. The highest BCUT2D eigenvalue weighted by Gasteiger charge is 2.36. The molecule has 0 radical (unpaired) electrons. The molecule has 2 heterocycles. The molecule has 0 bridgehead atoms. The second-order valence-electron chi connectivity index (χ2n) is 8.77. The van der Waals surface area contributed by atoms with Gasteiger partial charge in [-0.25, -0.2) is 9.79 Å². The van der Waals surface area contributed by atoms with Crippen LogP contribution in [0.15, 0.2) is 60.3 Å². The van der Waals surface area contributed by atoms with Crippen LogP contribution in [0.3, 0.4) is 0 Å². The average Bonchev–Trinajstić information content (AvgIpc) is 3.22. The van der Waals surface area contributed by atoms with Gasteiger partial charge >= 0.3 is 5.97 Å². The van der Waals surface area contributed by atoms with E-state index in [0.717, 1.165) is 16.5 Å². The number of rotatable bonds is 10. The summed E-state index contributed by atoms with van der Waals surface area (Å²) in [5.41, 5.74) is 2.06. The molecule has 11 heteroatoms. The molecule has 8 nitrogen and oxygen atoms in total. The van der Waals surface area contributed by atoms with Gasteiger partial charge < -0.3 is 18.9 Å². The summed E-state index contributed by atoms with van der Waals surface area (Å²) in [4.78, 5) is 32.8. The zero-order chi connectivity index (χ0) is 29.0. The number of benzene rings is 2. The summed E-state index contributed by atoms with van der Waals surface area (Å²) in [6.07, 6.45) is 3.10. The molecule has 212 valence electrons. The van der Waals surface area contributed by atoms with Gasteiger partial charge in [0.05, 0.1) is 47.7 Å². The van der Waals surface area contributed by atoms with Gasteiger partial charge in [0, 0.05) is 10.0 Å². The van der Waals surface area contributed by atoms with Crippen molar-refractivity contribution in [3.8, 4) is 17.2 Å². The van der Waals surface area contributed by atoms with Gasteiger partial charge in [-0.2, -0.15) is 0 Å². The molecule has 1 aliphatic rings. The molecule has 0 unspecified atom stereocenters. The molecule has 0 N–H and O–H groups in total. The summed E-state index contributed by atoms with van der Waals surface area (Å²) in [7, 11) is 3.14. The summed E-state index contributed by atoms with van der Waals surface area (Å²) >= 11 is 8.35. The lowest BCUT2D eigenvalue weighted by atomic mass is 9.93. The Balaban J connectivity index is 2.03. The summed E-state index contributed by atoms with van der Waals surface area (Å²) in [5.74, 6) is 1.18. The van der Waals surface area contributed by atoms with E-state index < -0.39 is 12.0 Å². The molecule has 1 aromatic heterocycles. The number of thiazole rings is 1. The number of allylic oxidation sites excluding steroid dienone is 1. The van der Waals surface area contributed by atoms with Gasteiger partial charge in [-0.1, -0.05) is 40.6 Å². The Hall–Kier alpha value is -2.89. The number of hydrogen-bond acceptors (Lipinski definition) is 8. The van der Waals surface area contributed by atoms with E-state index in [-0.39, 0.29) is 12.2 Å². The molecular formula is C29H30Br2N2O6S. The van der Waals surface area contributed by atoms with Crippen LogP contribution in [0.4, 0.5) is 0 Å². The molecular weight excluding hydrogens is 664 g/mol. The van der Waals surface area contributed by atoms with Crippen molar-refractivity contribution >= 4 is 55.2 Å². The Labute approximate surface area is 253 Å². The number of nitrogens with zero attached hydrogens (tertiary/aromatic N) is 2. The monoisotopic (exact) mass is 692 g/mol. The van der Waals surface area contributed by atoms with Crippen molar-refractivity contribution in [2.75, 3.05) is 27.4 Å². The van der Waals surface area contributed by atoms with E-state index in [2.05, 4.69) is 31.9 Å². The Morgan fingerprint density at radius 3 is 2.50 bits per heavy atom. The summed E-state index contributed by atoms with van der Waals surface area (Å²) in [6.45, 7) is 6.32. The number of aromatic nitrogens is 1. The van der Waals surface area contributed by atoms with Crippen LogP contribution in [0.25, 0.3) is 6.08 Å². The van der Waals surface area contributed by atoms with Gasteiger partial charge in [-0.15, -0.1) is 0 Å². The second kappa shape index (κ2) is 13.2. The van der Waals surface area contributed by atoms with Crippen molar-refractivity contribution in [2.45, 2.75) is 39.7 Å². The smallest absolute Gasteiger partial charge is 0.338 e. The van der Waals surface area contributed by atoms with Gasteiger partial charge in [-0.05, 0) is 78.2 Å². The van der Waals surface area contributed by atoms with Crippen LogP contribution in [0.1, 0.15) is 50.8 Å². The zero-order valence-corrected chi connectivity index (χ0v) is 26.9. The molecule has 1 atom stereocenters. The molecule has 1 aliphatic heterocycles. The van der Waals surface area contributed by atoms with Crippen LogP contribution in [0, 0.1) is 0 Å². The Kier molecular flexibility index (Phi) is 9.91. The second-order valence-corrected chi connectivity index (χ2v) is 11.5. The third kappa shape index (κ3) is 5.91. The van der Waals surface area contributed by atoms with Crippen LogP contribution < -0.4 is 29.1 Å². The molecule has 0 aliphatic carbocycles. The van der Waals surface area contributed by atoms with Crippen molar-refractivity contribution in [1.29, 1.82) is 0 Å². The molecule has 0 amide bonds. The maximum atomic E-state index is 14.1. The molecule has 0 spiro atoms. The average molecular weight is 694 g/mol. The van der Waals surface area contributed by atoms with Gasteiger partial charge in [0.25, 0.3) is 5.56 Å². The normalized spacial score (nSPS) is 15.0. The molecule has 3 aromatic rings. The predicted molar refractivity (Wildman–Crippen MR) is 162 cm³/mol. The van der Waals surface area contributed by atoms with Crippen LogP contribution in [-0.2, 0) is 9.53 Å². The topological polar surface area (TPSA) is 88.4 Å². The maximum Gasteiger partial charge on any atom is 0.338 e. The lowest BCUT2D eigenvalue weighted by Gasteiger charge is -2.27. The molecule has 0 saturated carbocycles. The van der Waals surface area contributed by atoms with Crippen LogP contribution in [0.5, 0.6) is 17.2 Å². The SMILES string of the molecule is CCCC1=C(C(=O)OCC)[C@@H](c2cc(Br)ccc2OC)n2c(s/c(=C/c3cc(Br)c(OC)c(OCC)c3)c2=O)=N1. The highest BCUT2D eigenvalue weighted by molar-refractivity contribution is 9.10. The summed E-state index contributed by atoms with van der Waals surface area (Å²) in [5, 5.41) is 0. The van der Waals surface area contributed by atoms with Crippen molar-refractivity contribution in [2.24, 2.45) is 4.99 Å². The van der Waals surface area contributed by atoms with Gasteiger partial charge in [0.1, 0.15) is 11.8 Å². The number of carbonyl (C=O) groups is 1. The number of esters is 1. The Morgan fingerprint density at radius 2 is 1.85 bits per heavy atom. The first-order valence-electron chi connectivity index (χ1n) is 12.8. The molecule has 40 heavy (non-hydrogen) atoms. The fourth-order valence-electron chi connectivity index (χ4n) is 4.62. The lowest BCUT2D eigenvalue weighted by Crippen LogP contribution is -2.40. The maximum absolute atomic E-state index is 14.1. The fourth-order valence-corrected chi connectivity index (χ4v) is 6.64. The number of carbonyl (C=O) groups excluding carboxylic acids is 1. The van der Waals surface area contributed by atoms with Crippen molar-refractivity contribution in [3.63, 3.8) is 0 Å². The Bertz CT molecular complexity index is 1640. The van der Waals surface area contributed by atoms with E-state index in [4.69, 9.17) is 23.9 Å². The van der Waals surface area contributed by atoms with Crippen molar-refractivity contribution in [3.05, 3.63) is 81.4 Å². The highest BCUT2D eigenvalue weighted by atomic mass is 79.9. The van der Waals surface area contributed by atoms with E-state index in [0.29, 0.717) is 60.9 Å². The minimum absolute atomic E-state index is 0.197. The predicted octanol–water partition coefficient (Wildman–Crippen LogP) is 5.52. The third-order valence-electron chi connectivity index (χ3n) is 6.21. The van der Waals surface area contributed by atoms with E-state index in [1.165, 1.54) is 11.3 Å². The number of hydrogen-bond donors (Lipinski definition) is 0. The zero-order valence-electron chi connectivity index (χ0n) is 22.9. The number of ether oxygens (including phenoxy) is 4.